The van der Waals surface area contributed by atoms with Gasteiger partial charge in [0.05, 0.1) is 6.42 Å². The number of hydrogen-bond acceptors (Lipinski definition) is 8. The van der Waals surface area contributed by atoms with Crippen molar-refractivity contribution in [3.8, 4) is 0 Å². The van der Waals surface area contributed by atoms with Crippen LogP contribution in [0.5, 0.6) is 0 Å². The maximum absolute atomic E-state index is 12.7. The van der Waals surface area contributed by atoms with Crippen molar-refractivity contribution >= 4 is 52.6 Å². The first-order valence-electron chi connectivity index (χ1n) is 8.84. The van der Waals surface area contributed by atoms with Crippen LogP contribution in [0.2, 0.25) is 0 Å². The third-order valence-corrected chi connectivity index (χ3v) is 7.76. The van der Waals surface area contributed by atoms with Gasteiger partial charge in [-0.25, -0.2) is 9.89 Å². The third-order valence-electron chi connectivity index (χ3n) is 4.53. The predicted octanol–water partition coefficient (Wildman–Crippen LogP) is 0.905. The summed E-state index contributed by atoms with van der Waals surface area (Å²) < 4.78 is 0. The Balaban J connectivity index is 1.44. The fourth-order valence-electron chi connectivity index (χ4n) is 3.16. The van der Waals surface area contributed by atoms with Crippen LogP contribution >= 0.6 is 34.9 Å². The lowest BCUT2D eigenvalue weighted by molar-refractivity contribution is -0.150. The largest absolute Gasteiger partial charge is 0.477 e. The average Bonchev–Trinajstić information content (AvgIpc) is 3.23. The van der Waals surface area contributed by atoms with Crippen molar-refractivity contribution < 1.29 is 19.5 Å². The van der Waals surface area contributed by atoms with E-state index in [1.165, 1.54) is 45.8 Å². The van der Waals surface area contributed by atoms with Gasteiger partial charge in [-0.2, -0.15) is 5.10 Å². The summed E-state index contributed by atoms with van der Waals surface area (Å²) in [6, 6.07) is 5.87. The number of nitrogens with one attached hydrogen (secondary N) is 2. The number of thiophene rings is 1. The lowest BCUT2D eigenvalue weighted by atomic mass is 10.0. The smallest absolute Gasteiger partial charge is 0.352 e. The fourth-order valence-corrected chi connectivity index (χ4v) is 6.18. The first-order valence-corrected chi connectivity index (χ1v) is 11.8. The van der Waals surface area contributed by atoms with E-state index in [4.69, 9.17) is 0 Å². The number of nitrogens with zero attached hydrogens (tertiary/aromatic N) is 2. The van der Waals surface area contributed by atoms with Crippen molar-refractivity contribution in [3.05, 3.63) is 56.1 Å². The number of aromatic amines is 1. The Morgan fingerprint density at radius 2 is 2.17 bits per heavy atom. The van der Waals surface area contributed by atoms with Crippen molar-refractivity contribution in [1.29, 1.82) is 0 Å². The molecule has 1 unspecified atom stereocenters. The molecule has 3 N–H and O–H groups in total. The molecule has 0 radical (unpaired) electrons. The molecule has 2 aromatic rings. The Hall–Kier alpha value is -2.57. The van der Waals surface area contributed by atoms with Gasteiger partial charge in [0.2, 0.25) is 5.91 Å². The van der Waals surface area contributed by atoms with E-state index >= 15 is 0 Å². The Bertz CT molecular complexity index is 1060. The molecule has 4 rings (SSSR count). The number of thioether (sulfide) groups is 2. The Morgan fingerprint density at radius 3 is 2.83 bits per heavy atom. The first kappa shape index (κ1) is 20.7. The van der Waals surface area contributed by atoms with Crippen LogP contribution in [-0.2, 0) is 20.8 Å². The summed E-state index contributed by atoms with van der Waals surface area (Å²) in [5, 5.41) is 20.6. The standard InChI is InChI=1S/C18H16N4O5S3/c23-11-3-4-13(21-20-11)29-7-9-8-30-17-14(16(25)22(17)15(9)18(26)27)19-12(24)6-10-2-1-5-28-10/h1-5,14,17H,6-8H2,(H,19,24)(H,20,23)(H,26,27)/t14?,17-/m1/s1. The minimum Gasteiger partial charge on any atom is -0.477 e. The second-order valence-electron chi connectivity index (χ2n) is 6.52. The molecule has 156 valence electrons. The quantitative estimate of drug-likeness (QED) is 0.407. The van der Waals surface area contributed by atoms with Gasteiger partial charge in [0.1, 0.15) is 22.1 Å². The summed E-state index contributed by atoms with van der Waals surface area (Å²) in [6.07, 6.45) is 0.189. The normalized spacial score (nSPS) is 20.5. The zero-order chi connectivity index (χ0) is 21.3. The molecular weight excluding hydrogens is 448 g/mol. The molecule has 2 aromatic heterocycles. The van der Waals surface area contributed by atoms with Gasteiger partial charge in [-0.3, -0.25) is 19.3 Å². The number of rotatable bonds is 7. The van der Waals surface area contributed by atoms with Gasteiger partial charge in [0.25, 0.3) is 11.5 Å². The number of aliphatic carboxylic acids is 1. The summed E-state index contributed by atoms with van der Waals surface area (Å²) >= 11 is 4.16. The van der Waals surface area contributed by atoms with E-state index in [9.17, 15) is 24.3 Å². The van der Waals surface area contributed by atoms with Crippen molar-refractivity contribution in [2.75, 3.05) is 11.5 Å². The summed E-state index contributed by atoms with van der Waals surface area (Å²) in [7, 11) is 0. The van der Waals surface area contributed by atoms with E-state index in [1.54, 1.807) is 6.07 Å². The maximum atomic E-state index is 12.7. The molecule has 0 saturated carbocycles. The summed E-state index contributed by atoms with van der Waals surface area (Å²) in [4.78, 5) is 50.0. The van der Waals surface area contributed by atoms with Crippen LogP contribution in [-0.4, -0.2) is 60.9 Å². The summed E-state index contributed by atoms with van der Waals surface area (Å²) in [5.74, 6) is -1.12. The van der Waals surface area contributed by atoms with Gasteiger partial charge in [0, 0.05) is 22.4 Å². The molecule has 12 heteroatoms. The van der Waals surface area contributed by atoms with Gasteiger partial charge >= 0.3 is 5.97 Å². The zero-order valence-electron chi connectivity index (χ0n) is 15.4. The van der Waals surface area contributed by atoms with Crippen LogP contribution in [0.15, 0.2) is 50.7 Å². The molecule has 1 fully saturated rings. The molecule has 30 heavy (non-hydrogen) atoms. The van der Waals surface area contributed by atoms with E-state index in [-0.39, 0.29) is 23.6 Å². The first-order chi connectivity index (χ1) is 14.4. The molecule has 1 saturated heterocycles. The van der Waals surface area contributed by atoms with Crippen molar-refractivity contribution in [1.82, 2.24) is 20.4 Å². The number of amides is 2. The molecule has 4 heterocycles. The number of H-pyrrole nitrogens is 1. The van der Waals surface area contributed by atoms with Gasteiger partial charge in [-0.15, -0.1) is 34.9 Å². The Labute approximate surface area is 182 Å². The number of carboxylic acid groups (broad SMARTS) is 1. The van der Waals surface area contributed by atoms with Gasteiger partial charge < -0.3 is 10.4 Å². The van der Waals surface area contributed by atoms with Crippen molar-refractivity contribution in [2.24, 2.45) is 0 Å². The molecule has 2 atom stereocenters. The summed E-state index contributed by atoms with van der Waals surface area (Å²) in [6.45, 7) is 0. The summed E-state index contributed by atoms with van der Waals surface area (Å²) in [5.41, 5.74) is 0.238. The number of hydrogen-bond donors (Lipinski definition) is 3. The molecule has 2 aliphatic heterocycles. The highest BCUT2D eigenvalue weighted by atomic mass is 32.2. The van der Waals surface area contributed by atoms with Gasteiger partial charge in [-0.1, -0.05) is 6.07 Å². The molecule has 0 bridgehead atoms. The van der Waals surface area contributed by atoms with E-state index in [1.807, 2.05) is 17.5 Å². The highest BCUT2D eigenvalue weighted by molar-refractivity contribution is 8.01. The van der Waals surface area contributed by atoms with E-state index in [2.05, 4.69) is 15.5 Å². The fraction of sp³-hybridized carbons (Fsp3) is 0.278. The minimum atomic E-state index is -1.18. The van der Waals surface area contributed by atoms with Crippen LogP contribution in [0.25, 0.3) is 0 Å². The maximum Gasteiger partial charge on any atom is 0.352 e. The Morgan fingerprint density at radius 1 is 1.33 bits per heavy atom. The molecule has 0 aliphatic carbocycles. The topological polar surface area (TPSA) is 132 Å². The van der Waals surface area contributed by atoms with Gasteiger partial charge in [0.15, 0.2) is 0 Å². The monoisotopic (exact) mass is 464 g/mol. The minimum absolute atomic E-state index is 0.0376. The molecule has 0 spiro atoms. The number of carboxylic acids is 1. The third kappa shape index (κ3) is 4.16. The number of fused-ring (bicyclic) bond motifs is 1. The predicted molar refractivity (Wildman–Crippen MR) is 113 cm³/mol. The molecule has 9 nitrogen and oxygen atoms in total. The second-order valence-corrected chi connectivity index (χ2v) is 9.65. The molecular formula is C18H16N4O5S3. The van der Waals surface area contributed by atoms with Crippen LogP contribution in [0.1, 0.15) is 4.88 Å². The Kier molecular flexibility index (Phi) is 5.97. The van der Waals surface area contributed by atoms with Crippen LogP contribution in [0.4, 0.5) is 0 Å². The highest BCUT2D eigenvalue weighted by Crippen LogP contribution is 2.41. The van der Waals surface area contributed by atoms with Crippen LogP contribution in [0.3, 0.4) is 0 Å². The molecule has 2 aliphatic rings. The molecule has 2 amide bonds. The second kappa shape index (κ2) is 8.66. The zero-order valence-corrected chi connectivity index (χ0v) is 17.8. The van der Waals surface area contributed by atoms with Crippen LogP contribution < -0.4 is 10.9 Å². The lowest BCUT2D eigenvalue weighted by Crippen LogP contribution is -2.70. The average molecular weight is 465 g/mol. The number of β-lactam (4-membered cyclic amide) rings is 1. The highest BCUT2D eigenvalue weighted by Gasteiger charge is 2.54. The number of aromatic nitrogens is 2. The van der Waals surface area contributed by atoms with Crippen LogP contribution in [0, 0.1) is 0 Å². The van der Waals surface area contributed by atoms with E-state index < -0.39 is 23.3 Å². The van der Waals surface area contributed by atoms with E-state index in [0.29, 0.717) is 22.1 Å². The lowest BCUT2D eigenvalue weighted by Gasteiger charge is -2.49. The van der Waals surface area contributed by atoms with Crippen molar-refractivity contribution in [2.45, 2.75) is 22.9 Å². The number of carbonyl (C=O) groups excluding carboxylic acids is 2. The SMILES string of the molecule is O=C(Cc1cccs1)NC1C(=O)N2C(C(=O)O)=C(CSc3ccc(=O)[nH]n3)CS[C@H]12. The molecule has 0 aromatic carbocycles. The van der Waals surface area contributed by atoms with E-state index in [0.717, 1.165) is 4.88 Å². The van der Waals surface area contributed by atoms with Crippen molar-refractivity contribution in [3.63, 3.8) is 0 Å². The number of carbonyl (C=O) groups is 3. The van der Waals surface area contributed by atoms with Gasteiger partial charge in [-0.05, 0) is 23.1 Å².